The van der Waals surface area contributed by atoms with E-state index < -0.39 is 0 Å². The third-order valence-electron chi connectivity index (χ3n) is 5.73. The molecule has 30 heavy (non-hydrogen) atoms. The van der Waals surface area contributed by atoms with Gasteiger partial charge in [0.15, 0.2) is 11.5 Å². The van der Waals surface area contributed by atoms with Gasteiger partial charge in [-0.3, -0.25) is 9.69 Å². The van der Waals surface area contributed by atoms with Crippen molar-refractivity contribution in [3.8, 4) is 11.5 Å². The summed E-state index contributed by atoms with van der Waals surface area (Å²) in [6.45, 7) is 2.96. The highest BCUT2D eigenvalue weighted by molar-refractivity contribution is 7.18. The molecule has 0 bridgehead atoms. The number of ether oxygens (including phenoxy) is 2. The molecule has 1 aromatic heterocycles. The Morgan fingerprint density at radius 1 is 1.23 bits per heavy atom. The van der Waals surface area contributed by atoms with Crippen molar-refractivity contribution < 1.29 is 14.3 Å². The highest BCUT2D eigenvalue weighted by atomic mass is 32.1. The minimum absolute atomic E-state index is 0.184. The molecule has 1 unspecified atom stereocenters. The van der Waals surface area contributed by atoms with E-state index >= 15 is 0 Å². The van der Waals surface area contributed by atoms with E-state index in [-0.39, 0.29) is 12.7 Å². The van der Waals surface area contributed by atoms with Crippen molar-refractivity contribution in [3.63, 3.8) is 0 Å². The van der Waals surface area contributed by atoms with Crippen LogP contribution in [0.25, 0.3) is 10.2 Å². The zero-order chi connectivity index (χ0) is 20.5. The number of fused-ring (bicyclic) bond motifs is 2. The number of aromatic nitrogens is 1. The number of para-hydroxylation sites is 1. The predicted octanol–water partition coefficient (Wildman–Crippen LogP) is 3.86. The second-order valence-electron chi connectivity index (χ2n) is 8.06. The molecule has 0 saturated carbocycles. The van der Waals surface area contributed by atoms with Crippen molar-refractivity contribution in [2.24, 2.45) is 0 Å². The smallest absolute Gasteiger partial charge is 0.236 e. The van der Waals surface area contributed by atoms with Gasteiger partial charge in [0.2, 0.25) is 12.7 Å². The Bertz CT molecular complexity index is 1030. The monoisotopic (exact) mass is 423 g/mol. The third kappa shape index (κ3) is 4.00. The zero-order valence-corrected chi connectivity index (χ0v) is 17.9. The molecule has 2 aromatic carbocycles. The Morgan fingerprint density at radius 2 is 2.10 bits per heavy atom. The second-order valence-corrected chi connectivity index (χ2v) is 9.12. The number of carbonyl (C=O) groups is 1. The maximum absolute atomic E-state index is 13.0. The van der Waals surface area contributed by atoms with Crippen LogP contribution in [-0.4, -0.2) is 54.2 Å². The molecular weight excluding hydrogens is 398 g/mol. The number of carbonyl (C=O) groups excluding carboxylic acids is 1. The lowest BCUT2D eigenvalue weighted by Gasteiger charge is -2.33. The number of hydrogen-bond acceptors (Lipinski definition) is 6. The second kappa shape index (κ2) is 8.24. The Morgan fingerprint density at radius 3 is 3.00 bits per heavy atom. The van der Waals surface area contributed by atoms with Crippen LogP contribution in [0, 0.1) is 0 Å². The minimum atomic E-state index is 0.184. The van der Waals surface area contributed by atoms with E-state index in [4.69, 9.17) is 14.5 Å². The van der Waals surface area contributed by atoms with Crippen LogP contribution in [0.1, 0.15) is 29.3 Å². The van der Waals surface area contributed by atoms with Crippen LogP contribution in [0.4, 0.5) is 0 Å². The van der Waals surface area contributed by atoms with Gasteiger partial charge in [-0.1, -0.05) is 18.2 Å². The van der Waals surface area contributed by atoms with E-state index in [2.05, 4.69) is 23.1 Å². The molecule has 0 N–H and O–H groups in total. The van der Waals surface area contributed by atoms with E-state index in [1.807, 2.05) is 36.2 Å². The molecule has 2 aliphatic heterocycles. The third-order valence-corrected chi connectivity index (χ3v) is 6.93. The van der Waals surface area contributed by atoms with Crippen molar-refractivity contribution >= 4 is 27.5 Å². The van der Waals surface area contributed by atoms with Crippen molar-refractivity contribution in [1.29, 1.82) is 0 Å². The molecular formula is C23H25N3O3S. The number of piperidine rings is 1. The van der Waals surface area contributed by atoms with Crippen molar-refractivity contribution in [2.75, 3.05) is 33.5 Å². The molecule has 6 nitrogen and oxygen atoms in total. The number of likely N-dealkylation sites (N-methyl/N-ethyl adjacent to an activating group) is 1. The molecule has 2 aliphatic rings. The molecule has 5 rings (SSSR count). The summed E-state index contributed by atoms with van der Waals surface area (Å²) in [5.74, 6) is 2.08. The van der Waals surface area contributed by atoms with Crippen LogP contribution in [0.5, 0.6) is 11.5 Å². The number of hydrogen-bond donors (Lipinski definition) is 0. The summed E-state index contributed by atoms with van der Waals surface area (Å²) in [4.78, 5) is 21.8. The number of likely N-dealkylation sites (tertiary alicyclic amines) is 1. The summed E-state index contributed by atoms with van der Waals surface area (Å²) in [5, 5.41) is 1.16. The van der Waals surface area contributed by atoms with Crippen LogP contribution >= 0.6 is 11.3 Å². The van der Waals surface area contributed by atoms with Gasteiger partial charge >= 0.3 is 0 Å². The van der Waals surface area contributed by atoms with Gasteiger partial charge in [-0.25, -0.2) is 4.98 Å². The number of nitrogens with zero attached hydrogens (tertiary/aromatic N) is 3. The van der Waals surface area contributed by atoms with Gasteiger partial charge < -0.3 is 14.4 Å². The Balaban J connectivity index is 1.20. The van der Waals surface area contributed by atoms with E-state index in [0.29, 0.717) is 19.0 Å². The molecule has 1 atom stereocenters. The van der Waals surface area contributed by atoms with E-state index in [1.165, 1.54) is 4.70 Å². The van der Waals surface area contributed by atoms with Crippen LogP contribution < -0.4 is 9.47 Å². The highest BCUT2D eigenvalue weighted by Gasteiger charge is 2.27. The summed E-state index contributed by atoms with van der Waals surface area (Å²) >= 11 is 1.76. The molecule has 1 amide bonds. The van der Waals surface area contributed by atoms with Crippen molar-refractivity contribution in [1.82, 2.24) is 14.8 Å². The van der Waals surface area contributed by atoms with Crippen molar-refractivity contribution in [3.05, 3.63) is 53.0 Å². The molecule has 156 valence electrons. The summed E-state index contributed by atoms with van der Waals surface area (Å²) in [6, 6.07) is 14.2. The fourth-order valence-electron chi connectivity index (χ4n) is 4.21. The standard InChI is InChI=1S/C23H25N3O3S/c1-25(12-16-8-9-19-20(11-16)29-15-28-19)14-22(27)26-10-4-5-17(13-26)23-24-18-6-2-3-7-21(18)30-23/h2-3,6-9,11,17H,4-5,10,12-15H2,1H3. The normalized spacial score (nSPS) is 18.3. The summed E-state index contributed by atoms with van der Waals surface area (Å²) in [5.41, 5.74) is 2.17. The maximum atomic E-state index is 13.0. The Hall–Kier alpha value is -2.64. The molecule has 1 fully saturated rings. The molecule has 1 saturated heterocycles. The summed E-state index contributed by atoms with van der Waals surface area (Å²) in [6.07, 6.45) is 2.12. The van der Waals surface area contributed by atoms with Gasteiger partial charge in [-0.15, -0.1) is 11.3 Å². The van der Waals surface area contributed by atoms with Gasteiger partial charge in [0.1, 0.15) is 0 Å². The average molecular weight is 424 g/mol. The van der Waals surface area contributed by atoms with Gasteiger partial charge in [-0.05, 0) is 49.7 Å². The van der Waals surface area contributed by atoms with Gasteiger partial charge in [0.25, 0.3) is 0 Å². The minimum Gasteiger partial charge on any atom is -0.454 e. The van der Waals surface area contributed by atoms with Crippen molar-refractivity contribution in [2.45, 2.75) is 25.3 Å². The first kappa shape index (κ1) is 19.3. The SMILES string of the molecule is CN(CC(=O)N1CCCC(c2nc3ccccc3s2)C1)Cc1ccc2c(c1)OCO2. The van der Waals surface area contributed by atoms with Crippen LogP contribution in [-0.2, 0) is 11.3 Å². The first-order valence-corrected chi connectivity index (χ1v) is 11.2. The van der Waals surface area contributed by atoms with Crippen LogP contribution in [0.2, 0.25) is 0 Å². The fourth-order valence-corrected chi connectivity index (χ4v) is 5.30. The topological polar surface area (TPSA) is 54.9 Å². The van der Waals surface area contributed by atoms with Gasteiger partial charge in [-0.2, -0.15) is 0 Å². The molecule has 7 heteroatoms. The zero-order valence-electron chi connectivity index (χ0n) is 17.0. The van der Waals surface area contributed by atoms with Crippen LogP contribution in [0.3, 0.4) is 0 Å². The van der Waals surface area contributed by atoms with Gasteiger partial charge in [0.05, 0.1) is 21.8 Å². The Labute approximate surface area is 180 Å². The lowest BCUT2D eigenvalue weighted by molar-refractivity contribution is -0.133. The molecule has 3 heterocycles. The number of thiazole rings is 1. The molecule has 0 radical (unpaired) electrons. The number of benzene rings is 2. The summed E-state index contributed by atoms with van der Waals surface area (Å²) in [7, 11) is 1.98. The molecule has 0 spiro atoms. The lowest BCUT2D eigenvalue weighted by atomic mass is 9.98. The largest absolute Gasteiger partial charge is 0.454 e. The van der Waals surface area contributed by atoms with Crippen LogP contribution in [0.15, 0.2) is 42.5 Å². The Kier molecular flexibility index (Phi) is 5.31. The average Bonchev–Trinajstić information content (AvgIpc) is 3.40. The lowest BCUT2D eigenvalue weighted by Crippen LogP contribution is -2.43. The van der Waals surface area contributed by atoms with E-state index in [9.17, 15) is 4.79 Å². The predicted molar refractivity (Wildman–Crippen MR) is 117 cm³/mol. The van der Waals surface area contributed by atoms with Gasteiger partial charge in [0, 0.05) is 25.6 Å². The molecule has 0 aliphatic carbocycles. The quantitative estimate of drug-likeness (QED) is 0.624. The fraction of sp³-hybridized carbons (Fsp3) is 0.391. The summed E-state index contributed by atoms with van der Waals surface area (Å²) < 4.78 is 12.0. The number of amides is 1. The first-order valence-electron chi connectivity index (χ1n) is 10.4. The number of rotatable bonds is 5. The molecule has 3 aromatic rings. The first-order chi connectivity index (χ1) is 14.7. The van der Waals surface area contributed by atoms with E-state index in [0.717, 1.165) is 53.5 Å². The van der Waals surface area contributed by atoms with E-state index in [1.54, 1.807) is 11.3 Å². The highest BCUT2D eigenvalue weighted by Crippen LogP contribution is 2.34. The maximum Gasteiger partial charge on any atom is 0.236 e.